The molecule has 0 bridgehead atoms. The van der Waals surface area contributed by atoms with Crippen LogP contribution in [0.2, 0.25) is 5.02 Å². The predicted molar refractivity (Wildman–Crippen MR) is 71.9 cm³/mol. The standard InChI is InChI=1S/C14H20ClNO/c1-11-2-3-13(15)10-14(11)17-9-6-12-4-7-16-8-5-12/h2-3,10,12,16H,4-9H2,1H3. The molecule has 0 spiro atoms. The van der Waals surface area contributed by atoms with Gasteiger partial charge >= 0.3 is 0 Å². The van der Waals surface area contributed by atoms with Crippen molar-refractivity contribution in [3.05, 3.63) is 28.8 Å². The monoisotopic (exact) mass is 253 g/mol. The molecule has 1 aliphatic rings. The normalized spacial score (nSPS) is 17.1. The van der Waals surface area contributed by atoms with Crippen molar-refractivity contribution in [2.24, 2.45) is 5.92 Å². The van der Waals surface area contributed by atoms with Gasteiger partial charge in [-0.05, 0) is 62.9 Å². The Hall–Kier alpha value is -0.730. The maximum atomic E-state index is 5.96. The molecule has 1 heterocycles. The fourth-order valence-corrected chi connectivity index (χ4v) is 2.40. The Bertz CT molecular complexity index is 361. The molecule has 1 fully saturated rings. The third kappa shape index (κ3) is 3.90. The summed E-state index contributed by atoms with van der Waals surface area (Å²) < 4.78 is 5.82. The molecule has 0 atom stereocenters. The highest BCUT2D eigenvalue weighted by molar-refractivity contribution is 6.30. The molecule has 0 saturated carbocycles. The van der Waals surface area contributed by atoms with Crippen LogP contribution < -0.4 is 10.1 Å². The van der Waals surface area contributed by atoms with Crippen LogP contribution in [-0.2, 0) is 0 Å². The van der Waals surface area contributed by atoms with Gasteiger partial charge in [0.1, 0.15) is 5.75 Å². The largest absolute Gasteiger partial charge is 0.493 e. The maximum Gasteiger partial charge on any atom is 0.123 e. The van der Waals surface area contributed by atoms with Crippen LogP contribution in [-0.4, -0.2) is 19.7 Å². The van der Waals surface area contributed by atoms with Crippen LogP contribution in [0.3, 0.4) is 0 Å². The van der Waals surface area contributed by atoms with Gasteiger partial charge in [-0.2, -0.15) is 0 Å². The summed E-state index contributed by atoms with van der Waals surface area (Å²) in [4.78, 5) is 0. The Morgan fingerprint density at radius 2 is 2.12 bits per heavy atom. The molecule has 1 aromatic carbocycles. The average Bonchev–Trinajstić information content (AvgIpc) is 2.35. The second-order valence-corrected chi connectivity index (χ2v) is 5.18. The van der Waals surface area contributed by atoms with Gasteiger partial charge in [0.25, 0.3) is 0 Å². The SMILES string of the molecule is Cc1ccc(Cl)cc1OCCC1CCNCC1. The van der Waals surface area contributed by atoms with Crippen molar-refractivity contribution < 1.29 is 4.74 Å². The fourth-order valence-electron chi connectivity index (χ4n) is 2.24. The van der Waals surface area contributed by atoms with Gasteiger partial charge in [-0.15, -0.1) is 0 Å². The summed E-state index contributed by atoms with van der Waals surface area (Å²) in [5.41, 5.74) is 1.15. The van der Waals surface area contributed by atoms with Crippen LogP contribution in [0.1, 0.15) is 24.8 Å². The second-order valence-electron chi connectivity index (χ2n) is 4.74. The summed E-state index contributed by atoms with van der Waals surface area (Å²) in [5.74, 6) is 1.74. The summed E-state index contributed by atoms with van der Waals surface area (Å²) >= 11 is 5.96. The highest BCUT2D eigenvalue weighted by Crippen LogP contribution is 2.23. The smallest absolute Gasteiger partial charge is 0.123 e. The van der Waals surface area contributed by atoms with Crippen LogP contribution in [0.4, 0.5) is 0 Å². The molecular formula is C14H20ClNO. The first kappa shape index (κ1) is 12.7. The first-order chi connectivity index (χ1) is 8.25. The minimum atomic E-state index is 0.743. The van der Waals surface area contributed by atoms with Crippen LogP contribution in [0, 0.1) is 12.8 Å². The van der Waals surface area contributed by atoms with E-state index in [0.717, 1.165) is 48.4 Å². The first-order valence-electron chi connectivity index (χ1n) is 6.35. The molecule has 1 saturated heterocycles. The molecule has 3 heteroatoms. The summed E-state index contributed by atoms with van der Waals surface area (Å²) in [7, 11) is 0. The number of aryl methyl sites for hydroxylation is 1. The molecule has 1 N–H and O–H groups in total. The molecule has 17 heavy (non-hydrogen) atoms. The number of benzene rings is 1. The lowest BCUT2D eigenvalue weighted by Gasteiger charge is -2.22. The van der Waals surface area contributed by atoms with Crippen LogP contribution in [0.15, 0.2) is 18.2 Å². The minimum Gasteiger partial charge on any atom is -0.493 e. The number of hydrogen-bond acceptors (Lipinski definition) is 2. The van der Waals surface area contributed by atoms with E-state index < -0.39 is 0 Å². The molecule has 2 rings (SSSR count). The van der Waals surface area contributed by atoms with Crippen molar-refractivity contribution >= 4 is 11.6 Å². The van der Waals surface area contributed by atoms with E-state index in [-0.39, 0.29) is 0 Å². The molecule has 0 unspecified atom stereocenters. The summed E-state index contributed by atoms with van der Waals surface area (Å²) in [6, 6.07) is 5.80. The Balaban J connectivity index is 1.79. The van der Waals surface area contributed by atoms with Gasteiger partial charge in [-0.1, -0.05) is 17.7 Å². The lowest BCUT2D eigenvalue weighted by atomic mass is 9.95. The summed E-state index contributed by atoms with van der Waals surface area (Å²) in [6.07, 6.45) is 3.70. The number of piperidine rings is 1. The zero-order valence-corrected chi connectivity index (χ0v) is 11.1. The van der Waals surface area contributed by atoms with Gasteiger partial charge in [0.05, 0.1) is 6.61 Å². The Morgan fingerprint density at radius 1 is 1.35 bits per heavy atom. The first-order valence-corrected chi connectivity index (χ1v) is 6.73. The molecule has 1 aromatic rings. The van der Waals surface area contributed by atoms with E-state index in [4.69, 9.17) is 16.3 Å². The van der Waals surface area contributed by atoms with Crippen molar-refractivity contribution in [3.63, 3.8) is 0 Å². The molecule has 0 aromatic heterocycles. The molecule has 0 amide bonds. The zero-order valence-electron chi connectivity index (χ0n) is 10.3. The highest BCUT2D eigenvalue weighted by atomic mass is 35.5. The Morgan fingerprint density at radius 3 is 2.88 bits per heavy atom. The average molecular weight is 254 g/mol. The van der Waals surface area contributed by atoms with E-state index in [2.05, 4.69) is 12.2 Å². The number of hydrogen-bond donors (Lipinski definition) is 1. The van der Waals surface area contributed by atoms with E-state index >= 15 is 0 Å². The number of ether oxygens (including phenoxy) is 1. The van der Waals surface area contributed by atoms with Gasteiger partial charge in [-0.3, -0.25) is 0 Å². The van der Waals surface area contributed by atoms with Crippen molar-refractivity contribution in [1.82, 2.24) is 5.32 Å². The molecule has 0 radical (unpaired) electrons. The molecular weight excluding hydrogens is 234 g/mol. The van der Waals surface area contributed by atoms with Gasteiger partial charge < -0.3 is 10.1 Å². The summed E-state index contributed by atoms with van der Waals surface area (Å²) in [6.45, 7) is 5.16. The maximum absolute atomic E-state index is 5.96. The third-order valence-corrected chi connectivity index (χ3v) is 3.63. The van der Waals surface area contributed by atoms with E-state index in [1.165, 1.54) is 12.8 Å². The van der Waals surface area contributed by atoms with E-state index in [1.807, 2.05) is 18.2 Å². The fraction of sp³-hybridized carbons (Fsp3) is 0.571. The van der Waals surface area contributed by atoms with Crippen molar-refractivity contribution in [2.45, 2.75) is 26.2 Å². The number of halogens is 1. The predicted octanol–water partition coefficient (Wildman–Crippen LogP) is 3.42. The topological polar surface area (TPSA) is 21.3 Å². The summed E-state index contributed by atoms with van der Waals surface area (Å²) in [5, 5.41) is 4.12. The highest BCUT2D eigenvalue weighted by Gasteiger charge is 2.12. The molecule has 2 nitrogen and oxygen atoms in total. The van der Waals surface area contributed by atoms with Crippen molar-refractivity contribution in [2.75, 3.05) is 19.7 Å². The van der Waals surface area contributed by atoms with Gasteiger partial charge in [0, 0.05) is 5.02 Å². The zero-order chi connectivity index (χ0) is 12.1. The molecule has 94 valence electrons. The number of nitrogens with one attached hydrogen (secondary N) is 1. The van der Waals surface area contributed by atoms with Crippen LogP contribution in [0.5, 0.6) is 5.75 Å². The Kier molecular flexibility index (Phi) is 4.69. The van der Waals surface area contributed by atoms with Gasteiger partial charge in [0.15, 0.2) is 0 Å². The molecule has 0 aliphatic carbocycles. The van der Waals surface area contributed by atoms with E-state index in [0.29, 0.717) is 0 Å². The van der Waals surface area contributed by atoms with Gasteiger partial charge in [-0.25, -0.2) is 0 Å². The van der Waals surface area contributed by atoms with E-state index in [9.17, 15) is 0 Å². The Labute approximate surface area is 108 Å². The third-order valence-electron chi connectivity index (χ3n) is 3.39. The second kappa shape index (κ2) is 6.27. The van der Waals surface area contributed by atoms with Crippen molar-refractivity contribution in [3.8, 4) is 5.75 Å². The van der Waals surface area contributed by atoms with Crippen molar-refractivity contribution in [1.29, 1.82) is 0 Å². The van der Waals surface area contributed by atoms with Crippen LogP contribution in [0.25, 0.3) is 0 Å². The lowest BCUT2D eigenvalue weighted by Crippen LogP contribution is -2.28. The van der Waals surface area contributed by atoms with Crippen LogP contribution >= 0.6 is 11.6 Å². The van der Waals surface area contributed by atoms with E-state index in [1.54, 1.807) is 0 Å². The quantitative estimate of drug-likeness (QED) is 0.888. The molecule has 1 aliphatic heterocycles. The van der Waals surface area contributed by atoms with Gasteiger partial charge in [0.2, 0.25) is 0 Å². The minimum absolute atomic E-state index is 0.743. The lowest BCUT2D eigenvalue weighted by molar-refractivity contribution is 0.251. The number of rotatable bonds is 4.